The average Bonchev–Trinajstić information content (AvgIpc) is 3.00. The fourth-order valence-corrected chi connectivity index (χ4v) is 3.07. The number of non-ortho nitro benzene ring substituents is 1. The molecule has 0 radical (unpaired) electrons. The number of imidazole rings is 1. The van der Waals surface area contributed by atoms with Gasteiger partial charge in [-0.2, -0.15) is 0 Å². The van der Waals surface area contributed by atoms with Crippen molar-refractivity contribution >= 4 is 17.4 Å². The molecule has 0 amide bonds. The van der Waals surface area contributed by atoms with Gasteiger partial charge in [-0.05, 0) is 18.2 Å². The molecule has 134 valence electrons. The molecule has 1 aliphatic rings. The Morgan fingerprint density at radius 1 is 1.22 bits per heavy atom. The SMILES string of the molecule is O=C(O)c1ncn2c1CN=C(c1ccccc1F)c1cc([N+](=O)[O-])ccc1-2. The van der Waals surface area contributed by atoms with E-state index in [1.165, 1.54) is 47.3 Å². The molecule has 1 N–H and O–H groups in total. The molecule has 4 rings (SSSR count). The van der Waals surface area contributed by atoms with E-state index in [9.17, 15) is 24.4 Å². The lowest BCUT2D eigenvalue weighted by Crippen LogP contribution is -2.09. The maximum Gasteiger partial charge on any atom is 0.356 e. The standard InChI is InChI=1S/C18H11FN4O4/c19-13-4-2-1-3-11(13)16-12-7-10(23(26)27)5-6-14(12)22-9-21-17(18(24)25)15(22)8-20-16/h1-7,9H,8H2,(H,24,25). The van der Waals surface area contributed by atoms with E-state index >= 15 is 0 Å². The molecule has 1 aromatic heterocycles. The van der Waals surface area contributed by atoms with Crippen molar-refractivity contribution in [2.75, 3.05) is 0 Å². The fraction of sp³-hybridized carbons (Fsp3) is 0.0556. The lowest BCUT2D eigenvalue weighted by molar-refractivity contribution is -0.384. The molecule has 3 aromatic rings. The second-order valence-corrected chi connectivity index (χ2v) is 5.82. The van der Waals surface area contributed by atoms with Gasteiger partial charge in [-0.3, -0.25) is 19.7 Å². The summed E-state index contributed by atoms with van der Waals surface area (Å²) >= 11 is 0. The van der Waals surface area contributed by atoms with Gasteiger partial charge in [0.15, 0.2) is 5.69 Å². The average molecular weight is 366 g/mol. The van der Waals surface area contributed by atoms with Crippen LogP contribution in [0.4, 0.5) is 10.1 Å². The summed E-state index contributed by atoms with van der Waals surface area (Å²) in [5.74, 6) is -1.74. The number of benzene rings is 2. The molecular weight excluding hydrogens is 355 g/mol. The third-order valence-corrected chi connectivity index (χ3v) is 4.29. The van der Waals surface area contributed by atoms with Crippen molar-refractivity contribution < 1.29 is 19.2 Å². The summed E-state index contributed by atoms with van der Waals surface area (Å²) in [7, 11) is 0. The molecule has 0 unspecified atom stereocenters. The molecule has 2 aromatic carbocycles. The van der Waals surface area contributed by atoms with Crippen LogP contribution in [-0.2, 0) is 6.54 Å². The first-order chi connectivity index (χ1) is 13.0. The van der Waals surface area contributed by atoms with Crippen molar-refractivity contribution in [3.8, 4) is 5.69 Å². The van der Waals surface area contributed by atoms with Gasteiger partial charge in [0.25, 0.3) is 5.69 Å². The molecule has 27 heavy (non-hydrogen) atoms. The summed E-state index contributed by atoms with van der Waals surface area (Å²) in [6.07, 6.45) is 1.32. The van der Waals surface area contributed by atoms with Crippen LogP contribution in [-0.4, -0.2) is 31.3 Å². The van der Waals surface area contributed by atoms with Gasteiger partial charge in [0.2, 0.25) is 0 Å². The molecule has 1 aliphatic heterocycles. The Morgan fingerprint density at radius 2 is 2.00 bits per heavy atom. The Bertz CT molecular complexity index is 1140. The lowest BCUT2D eigenvalue weighted by atomic mass is 9.99. The lowest BCUT2D eigenvalue weighted by Gasteiger charge is -2.12. The molecule has 0 aliphatic carbocycles. The highest BCUT2D eigenvalue weighted by molar-refractivity contribution is 6.15. The summed E-state index contributed by atoms with van der Waals surface area (Å²) in [5.41, 5.74) is 1.11. The Morgan fingerprint density at radius 3 is 2.70 bits per heavy atom. The van der Waals surface area contributed by atoms with Gasteiger partial charge in [0, 0.05) is 23.3 Å². The molecule has 9 heteroatoms. The summed E-state index contributed by atoms with van der Waals surface area (Å²) < 4.78 is 15.9. The first-order valence-corrected chi connectivity index (χ1v) is 7.85. The van der Waals surface area contributed by atoms with E-state index in [-0.39, 0.29) is 29.2 Å². The van der Waals surface area contributed by atoms with E-state index in [0.29, 0.717) is 16.9 Å². The number of carboxylic acid groups (broad SMARTS) is 1. The van der Waals surface area contributed by atoms with Gasteiger partial charge in [0.05, 0.1) is 28.6 Å². The van der Waals surface area contributed by atoms with Gasteiger partial charge in [-0.1, -0.05) is 12.1 Å². The molecule has 0 bridgehead atoms. The largest absolute Gasteiger partial charge is 0.476 e. The minimum Gasteiger partial charge on any atom is -0.476 e. The number of aromatic carboxylic acids is 1. The minimum atomic E-state index is -1.21. The highest BCUT2D eigenvalue weighted by Gasteiger charge is 2.26. The smallest absolute Gasteiger partial charge is 0.356 e. The van der Waals surface area contributed by atoms with Crippen LogP contribution in [0.5, 0.6) is 0 Å². The normalized spacial score (nSPS) is 12.6. The number of fused-ring (bicyclic) bond motifs is 3. The number of aliphatic imine (C=N–C) groups is 1. The zero-order valence-corrected chi connectivity index (χ0v) is 13.7. The summed E-state index contributed by atoms with van der Waals surface area (Å²) in [4.78, 5) is 30.4. The molecule has 0 fully saturated rings. The highest BCUT2D eigenvalue weighted by atomic mass is 19.1. The summed E-state index contributed by atoms with van der Waals surface area (Å²) in [6.45, 7) is -0.0617. The molecule has 0 saturated heterocycles. The van der Waals surface area contributed by atoms with Gasteiger partial charge >= 0.3 is 5.97 Å². The Balaban J connectivity index is 2.03. The van der Waals surface area contributed by atoms with Crippen LogP contribution in [0.2, 0.25) is 0 Å². The van der Waals surface area contributed by atoms with E-state index in [2.05, 4.69) is 9.98 Å². The molecule has 0 saturated carbocycles. The van der Waals surface area contributed by atoms with E-state index in [0.717, 1.165) is 0 Å². The van der Waals surface area contributed by atoms with Gasteiger partial charge in [0.1, 0.15) is 12.1 Å². The first kappa shape index (κ1) is 16.6. The van der Waals surface area contributed by atoms with E-state index in [4.69, 9.17) is 0 Å². The van der Waals surface area contributed by atoms with Gasteiger partial charge in [-0.15, -0.1) is 0 Å². The third-order valence-electron chi connectivity index (χ3n) is 4.29. The highest BCUT2D eigenvalue weighted by Crippen LogP contribution is 2.30. The van der Waals surface area contributed by atoms with E-state index in [1.54, 1.807) is 6.07 Å². The van der Waals surface area contributed by atoms with Crippen molar-refractivity contribution in [3.05, 3.63) is 87.2 Å². The molecule has 0 atom stereocenters. The zero-order chi connectivity index (χ0) is 19.1. The van der Waals surface area contributed by atoms with Crippen molar-refractivity contribution in [2.45, 2.75) is 6.54 Å². The van der Waals surface area contributed by atoms with Crippen molar-refractivity contribution in [2.24, 2.45) is 4.99 Å². The number of nitro groups is 1. The number of hydrogen-bond acceptors (Lipinski definition) is 5. The third kappa shape index (κ3) is 2.65. The number of carbonyl (C=O) groups is 1. The van der Waals surface area contributed by atoms with Crippen molar-refractivity contribution in [1.82, 2.24) is 9.55 Å². The minimum absolute atomic E-state index is 0.0617. The second-order valence-electron chi connectivity index (χ2n) is 5.82. The predicted octanol–water partition coefficient (Wildman–Crippen LogP) is 2.97. The van der Waals surface area contributed by atoms with Gasteiger partial charge < -0.3 is 5.11 Å². The van der Waals surface area contributed by atoms with Crippen LogP contribution in [0.25, 0.3) is 5.69 Å². The summed E-state index contributed by atoms with van der Waals surface area (Å²) in [6, 6.07) is 10.0. The number of carboxylic acids is 1. The quantitative estimate of drug-likeness (QED) is 0.566. The monoisotopic (exact) mass is 366 g/mol. The van der Waals surface area contributed by atoms with Crippen LogP contribution in [0.15, 0.2) is 53.8 Å². The molecule has 0 spiro atoms. The van der Waals surface area contributed by atoms with Crippen LogP contribution < -0.4 is 0 Å². The number of hydrogen-bond donors (Lipinski definition) is 1. The number of nitrogens with zero attached hydrogens (tertiary/aromatic N) is 4. The first-order valence-electron chi connectivity index (χ1n) is 7.85. The number of aromatic nitrogens is 2. The molecule has 8 nitrogen and oxygen atoms in total. The Hall–Kier alpha value is -3.88. The topological polar surface area (TPSA) is 111 Å². The maximum atomic E-state index is 14.4. The second kappa shape index (κ2) is 6.13. The van der Waals surface area contributed by atoms with Crippen molar-refractivity contribution in [3.63, 3.8) is 0 Å². The Kier molecular flexibility index (Phi) is 3.76. The van der Waals surface area contributed by atoms with Gasteiger partial charge in [-0.25, -0.2) is 14.2 Å². The number of rotatable bonds is 3. The maximum absolute atomic E-state index is 14.4. The summed E-state index contributed by atoms with van der Waals surface area (Å²) in [5, 5.41) is 20.6. The molecule has 2 heterocycles. The molecular formula is C18H11FN4O4. The number of nitro benzene ring substituents is 1. The van der Waals surface area contributed by atoms with Crippen LogP contribution in [0.1, 0.15) is 27.3 Å². The number of halogens is 1. The van der Waals surface area contributed by atoms with E-state index < -0.39 is 16.7 Å². The van der Waals surface area contributed by atoms with Crippen LogP contribution in [0, 0.1) is 15.9 Å². The van der Waals surface area contributed by atoms with Crippen LogP contribution in [0.3, 0.4) is 0 Å². The Labute approximate surface area is 151 Å². The van der Waals surface area contributed by atoms with Crippen LogP contribution >= 0.6 is 0 Å². The predicted molar refractivity (Wildman–Crippen MR) is 92.9 cm³/mol. The van der Waals surface area contributed by atoms with Crippen molar-refractivity contribution in [1.29, 1.82) is 0 Å². The zero-order valence-electron chi connectivity index (χ0n) is 13.7. The fourth-order valence-electron chi connectivity index (χ4n) is 3.07. The van der Waals surface area contributed by atoms with E-state index in [1.807, 2.05) is 0 Å².